The fraction of sp³-hybridized carbons (Fsp3) is 0.520. The van der Waals surface area contributed by atoms with Gasteiger partial charge in [-0.3, -0.25) is 9.59 Å². The zero-order valence-corrected chi connectivity index (χ0v) is 20.4. The molecule has 0 spiro atoms. The maximum absolute atomic E-state index is 14.3. The monoisotopic (exact) mass is 506 g/mol. The minimum absolute atomic E-state index is 0.0185. The molecular formula is C25H29F3N4O4. The van der Waals surface area contributed by atoms with Gasteiger partial charge in [0.15, 0.2) is 17.4 Å². The number of nitrogens with one attached hydrogen (secondary N) is 1. The van der Waals surface area contributed by atoms with Gasteiger partial charge in [-0.25, -0.2) is 22.9 Å². The largest absolute Gasteiger partial charge is 0.444 e. The lowest BCUT2D eigenvalue weighted by molar-refractivity contribution is -0.133. The van der Waals surface area contributed by atoms with Crippen LogP contribution in [0, 0.1) is 23.4 Å². The quantitative estimate of drug-likeness (QED) is 0.456. The minimum Gasteiger partial charge on any atom is -0.444 e. The van der Waals surface area contributed by atoms with Gasteiger partial charge in [-0.15, -0.1) is 0 Å². The zero-order chi connectivity index (χ0) is 26.2. The highest BCUT2D eigenvalue weighted by atomic mass is 19.2. The molecule has 1 N–H and O–H groups in total. The van der Waals surface area contributed by atoms with E-state index in [1.165, 1.54) is 0 Å². The number of alkyl carbamates (subject to hydrolysis) is 1. The van der Waals surface area contributed by atoms with Crippen LogP contribution in [0.3, 0.4) is 0 Å². The minimum atomic E-state index is -1.33. The first kappa shape index (κ1) is 25.7. The van der Waals surface area contributed by atoms with Crippen molar-refractivity contribution in [1.82, 2.24) is 19.8 Å². The van der Waals surface area contributed by atoms with E-state index in [4.69, 9.17) is 4.74 Å². The van der Waals surface area contributed by atoms with Gasteiger partial charge in [-0.2, -0.15) is 0 Å². The van der Waals surface area contributed by atoms with Crippen molar-refractivity contribution in [1.29, 1.82) is 0 Å². The SMILES string of the molecule is CC(C)(C)OC(=O)N[C@@H](CC(=O)N1CCn2cc(C(=O)C3CC3)nc2C1)Cc1cc(F)c(F)cc1F. The summed E-state index contributed by atoms with van der Waals surface area (Å²) in [6.45, 7) is 5.99. The fourth-order valence-electron chi connectivity index (χ4n) is 4.11. The Bertz CT molecular complexity index is 1190. The number of ketones is 1. The fourth-order valence-corrected chi connectivity index (χ4v) is 4.11. The molecule has 2 aromatic rings. The van der Waals surface area contributed by atoms with E-state index in [2.05, 4.69) is 10.3 Å². The molecule has 194 valence electrons. The Morgan fingerprint density at radius 2 is 1.81 bits per heavy atom. The number of fused-ring (bicyclic) bond motifs is 1. The van der Waals surface area contributed by atoms with E-state index < -0.39 is 35.2 Å². The number of rotatable bonds is 7. The number of Topliss-reactive ketones (excluding diaryl/α,β-unsaturated/α-hetero) is 1. The van der Waals surface area contributed by atoms with E-state index in [1.807, 2.05) is 4.57 Å². The average molecular weight is 507 g/mol. The Kier molecular flexibility index (Phi) is 7.10. The Labute approximate surface area is 206 Å². The molecule has 4 rings (SSSR count). The van der Waals surface area contributed by atoms with Crippen molar-refractivity contribution in [3.05, 3.63) is 52.9 Å². The molecule has 36 heavy (non-hydrogen) atoms. The van der Waals surface area contributed by atoms with Crippen molar-refractivity contribution in [2.45, 2.75) is 71.2 Å². The Hall–Kier alpha value is -3.37. The summed E-state index contributed by atoms with van der Waals surface area (Å²) in [7, 11) is 0. The van der Waals surface area contributed by atoms with Crippen molar-refractivity contribution >= 4 is 17.8 Å². The Morgan fingerprint density at radius 3 is 2.47 bits per heavy atom. The molecule has 0 bridgehead atoms. The summed E-state index contributed by atoms with van der Waals surface area (Å²) in [6.07, 6.45) is 2.16. The number of nitrogens with zero attached hydrogens (tertiary/aromatic N) is 3. The van der Waals surface area contributed by atoms with Crippen molar-refractivity contribution in [2.75, 3.05) is 6.54 Å². The molecule has 1 aliphatic carbocycles. The van der Waals surface area contributed by atoms with Crippen molar-refractivity contribution in [2.24, 2.45) is 5.92 Å². The van der Waals surface area contributed by atoms with Gasteiger partial charge in [-0.1, -0.05) is 0 Å². The molecule has 2 aliphatic rings. The normalized spacial score (nSPS) is 16.3. The molecule has 8 nitrogen and oxygen atoms in total. The third-order valence-corrected chi connectivity index (χ3v) is 6.05. The molecule has 1 aromatic carbocycles. The number of carbonyl (C=O) groups is 3. The highest BCUT2D eigenvalue weighted by molar-refractivity contribution is 5.97. The van der Waals surface area contributed by atoms with Gasteiger partial charge in [0.25, 0.3) is 0 Å². The van der Waals surface area contributed by atoms with Crippen LogP contribution >= 0.6 is 0 Å². The third kappa shape index (κ3) is 6.24. The smallest absolute Gasteiger partial charge is 0.407 e. The number of aromatic nitrogens is 2. The van der Waals surface area contributed by atoms with Crippen molar-refractivity contribution in [3.63, 3.8) is 0 Å². The second-order valence-corrected chi connectivity index (χ2v) is 10.3. The van der Waals surface area contributed by atoms with Crippen LogP contribution < -0.4 is 5.32 Å². The lowest BCUT2D eigenvalue weighted by Crippen LogP contribution is -2.45. The first-order valence-corrected chi connectivity index (χ1v) is 11.9. The lowest BCUT2D eigenvalue weighted by Gasteiger charge is -2.30. The van der Waals surface area contributed by atoms with E-state index in [1.54, 1.807) is 31.9 Å². The first-order valence-electron chi connectivity index (χ1n) is 11.9. The summed E-state index contributed by atoms with van der Waals surface area (Å²) in [6, 6.07) is 0.206. The van der Waals surface area contributed by atoms with Gasteiger partial charge < -0.3 is 19.5 Å². The van der Waals surface area contributed by atoms with Gasteiger partial charge in [-0.05, 0) is 51.7 Å². The van der Waals surface area contributed by atoms with Gasteiger partial charge in [0, 0.05) is 43.7 Å². The van der Waals surface area contributed by atoms with Crippen molar-refractivity contribution in [3.8, 4) is 0 Å². The average Bonchev–Trinajstić information content (AvgIpc) is 3.53. The van der Waals surface area contributed by atoms with Crippen LogP contribution in [0.2, 0.25) is 0 Å². The van der Waals surface area contributed by atoms with Crippen LogP contribution in [-0.2, 0) is 29.0 Å². The van der Waals surface area contributed by atoms with Gasteiger partial charge in [0.1, 0.15) is 22.9 Å². The number of ether oxygens (including phenoxy) is 1. The maximum Gasteiger partial charge on any atom is 0.407 e. The van der Waals surface area contributed by atoms with E-state index >= 15 is 0 Å². The number of imidazole rings is 1. The van der Waals surface area contributed by atoms with E-state index in [0.717, 1.165) is 18.9 Å². The van der Waals surface area contributed by atoms with Gasteiger partial charge in [0.05, 0.1) is 6.54 Å². The highest BCUT2D eigenvalue weighted by Crippen LogP contribution is 2.32. The molecule has 1 aliphatic heterocycles. The van der Waals surface area contributed by atoms with Crippen LogP contribution in [0.1, 0.15) is 61.9 Å². The van der Waals surface area contributed by atoms with Gasteiger partial charge in [0.2, 0.25) is 5.91 Å². The predicted octanol–water partition coefficient (Wildman–Crippen LogP) is 3.76. The topological polar surface area (TPSA) is 93.5 Å². The predicted molar refractivity (Wildman–Crippen MR) is 122 cm³/mol. The zero-order valence-electron chi connectivity index (χ0n) is 20.4. The second-order valence-electron chi connectivity index (χ2n) is 10.3. The van der Waals surface area contributed by atoms with Gasteiger partial charge >= 0.3 is 6.09 Å². The molecule has 2 amide bonds. The Balaban J connectivity index is 1.47. The van der Waals surface area contributed by atoms with E-state index in [9.17, 15) is 27.6 Å². The molecule has 1 atom stereocenters. The number of carbonyl (C=O) groups excluding carboxylic acids is 3. The number of hydrogen-bond donors (Lipinski definition) is 1. The van der Waals surface area contributed by atoms with Crippen LogP contribution in [0.15, 0.2) is 18.3 Å². The second kappa shape index (κ2) is 9.94. The molecule has 2 heterocycles. The molecule has 1 fully saturated rings. The summed E-state index contributed by atoms with van der Waals surface area (Å²) < 4.78 is 48.5. The molecule has 0 radical (unpaired) electrons. The summed E-state index contributed by atoms with van der Waals surface area (Å²) in [5, 5.41) is 2.55. The number of amides is 2. The molecule has 1 saturated carbocycles. The molecule has 0 unspecified atom stereocenters. The number of hydrogen-bond acceptors (Lipinski definition) is 5. The lowest BCUT2D eigenvalue weighted by atomic mass is 10.0. The highest BCUT2D eigenvalue weighted by Gasteiger charge is 2.34. The first-order chi connectivity index (χ1) is 16.9. The standard InChI is InChI=1S/C25H29F3N4O4/c1-25(2,3)36-24(35)29-16(8-15-9-18(27)19(28)11-17(15)26)10-22(33)32-7-6-31-12-20(30-21(31)13-32)23(34)14-4-5-14/h9,11-12,14,16H,4-8,10,13H2,1-3H3,(H,29,35)/t16-/m1/s1. The Morgan fingerprint density at radius 1 is 1.11 bits per heavy atom. The summed E-state index contributed by atoms with van der Waals surface area (Å²) >= 11 is 0. The van der Waals surface area contributed by atoms with Crippen LogP contribution in [-0.4, -0.2) is 50.4 Å². The number of halogens is 3. The number of benzene rings is 1. The summed E-state index contributed by atoms with van der Waals surface area (Å²) in [4.78, 5) is 43.8. The maximum atomic E-state index is 14.3. The molecule has 1 aromatic heterocycles. The van der Waals surface area contributed by atoms with E-state index in [-0.39, 0.29) is 42.6 Å². The third-order valence-electron chi connectivity index (χ3n) is 6.05. The molecule has 11 heteroatoms. The van der Waals surface area contributed by atoms with Crippen molar-refractivity contribution < 1.29 is 32.3 Å². The van der Waals surface area contributed by atoms with E-state index in [0.29, 0.717) is 30.7 Å². The van der Waals surface area contributed by atoms with Crippen LogP contribution in [0.4, 0.5) is 18.0 Å². The molecule has 0 saturated heterocycles. The summed E-state index contributed by atoms with van der Waals surface area (Å²) in [5.41, 5.74) is -0.592. The summed E-state index contributed by atoms with van der Waals surface area (Å²) in [5.74, 6) is -3.24. The molecular weight excluding hydrogens is 477 g/mol. The van der Waals surface area contributed by atoms with Crippen LogP contribution in [0.25, 0.3) is 0 Å². The van der Waals surface area contributed by atoms with Crippen LogP contribution in [0.5, 0.6) is 0 Å².